The van der Waals surface area contributed by atoms with Crippen molar-refractivity contribution in [2.75, 3.05) is 18.8 Å². The van der Waals surface area contributed by atoms with Gasteiger partial charge >= 0.3 is 5.97 Å². The van der Waals surface area contributed by atoms with Crippen LogP contribution in [0.25, 0.3) is 0 Å². The zero-order valence-electron chi connectivity index (χ0n) is 13.2. The third-order valence-electron chi connectivity index (χ3n) is 3.00. The first kappa shape index (κ1) is 20.4. The first-order chi connectivity index (χ1) is 11.8. The summed E-state index contributed by atoms with van der Waals surface area (Å²) in [5.41, 5.74) is 6.39. The van der Waals surface area contributed by atoms with Crippen LogP contribution in [0.5, 0.6) is 0 Å². The fourth-order valence-corrected chi connectivity index (χ4v) is 2.01. The van der Waals surface area contributed by atoms with E-state index < -0.39 is 42.3 Å². The molecule has 12 heteroatoms. The van der Waals surface area contributed by atoms with Crippen molar-refractivity contribution in [2.45, 2.75) is 18.5 Å². The topological polar surface area (TPSA) is 179 Å². The van der Waals surface area contributed by atoms with E-state index >= 15 is 0 Å². The van der Waals surface area contributed by atoms with E-state index in [1.54, 1.807) is 0 Å². The molecule has 0 spiro atoms. The minimum atomic E-state index is -1.21. The van der Waals surface area contributed by atoms with Crippen molar-refractivity contribution in [1.29, 1.82) is 0 Å². The maximum atomic E-state index is 11.8. The quantitative estimate of drug-likeness (QED) is 0.214. The minimum Gasteiger partial charge on any atom is -0.480 e. The lowest BCUT2D eigenvalue weighted by Crippen LogP contribution is -2.52. The van der Waals surface area contributed by atoms with Gasteiger partial charge in [-0.1, -0.05) is 0 Å². The van der Waals surface area contributed by atoms with Crippen LogP contribution >= 0.6 is 12.6 Å². The summed E-state index contributed by atoms with van der Waals surface area (Å²) < 4.78 is 0. The van der Waals surface area contributed by atoms with E-state index in [4.69, 9.17) is 10.8 Å². The molecular weight excluding hydrogens is 352 g/mol. The second-order valence-corrected chi connectivity index (χ2v) is 5.38. The van der Waals surface area contributed by atoms with Gasteiger partial charge < -0.3 is 31.8 Å². The number of nitrogens with one attached hydrogen (secondary N) is 4. The molecule has 0 aliphatic heterocycles. The van der Waals surface area contributed by atoms with Gasteiger partial charge in [0, 0.05) is 24.1 Å². The second-order valence-electron chi connectivity index (χ2n) is 5.02. The van der Waals surface area contributed by atoms with Crippen molar-refractivity contribution in [1.82, 2.24) is 25.9 Å². The summed E-state index contributed by atoms with van der Waals surface area (Å²) in [5, 5.41) is 15.3. The molecule has 2 atom stereocenters. The molecule has 3 amide bonds. The Hall–Kier alpha value is -2.60. The molecule has 11 nitrogen and oxygen atoms in total. The maximum Gasteiger partial charge on any atom is 0.322 e. The Labute approximate surface area is 148 Å². The number of carbonyl (C=O) groups excluding carboxylic acids is 3. The van der Waals surface area contributed by atoms with E-state index in [0.29, 0.717) is 5.69 Å². The molecular formula is C13H20N6O5S. The van der Waals surface area contributed by atoms with E-state index in [0.717, 1.165) is 0 Å². The molecule has 0 aromatic carbocycles. The molecule has 0 saturated heterocycles. The zero-order chi connectivity index (χ0) is 18.8. The van der Waals surface area contributed by atoms with Crippen molar-refractivity contribution >= 4 is 36.3 Å². The number of carbonyl (C=O) groups is 4. The number of amides is 3. The van der Waals surface area contributed by atoms with Crippen LogP contribution in [0.2, 0.25) is 0 Å². The highest BCUT2D eigenvalue weighted by molar-refractivity contribution is 7.80. The average Bonchev–Trinajstić information content (AvgIpc) is 3.08. The van der Waals surface area contributed by atoms with Gasteiger partial charge in [0.05, 0.1) is 18.9 Å². The molecule has 0 fully saturated rings. The molecule has 0 aliphatic rings. The molecule has 1 heterocycles. The molecule has 0 saturated carbocycles. The first-order valence-electron chi connectivity index (χ1n) is 7.23. The van der Waals surface area contributed by atoms with E-state index in [1.807, 2.05) is 0 Å². The first-order valence-corrected chi connectivity index (χ1v) is 7.87. The van der Waals surface area contributed by atoms with Gasteiger partial charge in [-0.2, -0.15) is 12.6 Å². The number of carboxylic acids is 1. The van der Waals surface area contributed by atoms with E-state index in [2.05, 4.69) is 38.5 Å². The van der Waals surface area contributed by atoms with Crippen LogP contribution in [-0.2, 0) is 25.6 Å². The standard InChI is InChI=1S/C13H20N6O5S/c14-8(1-7-2-15-6-18-7)12(23)16-3-10(20)19-9(5-25)13(24)17-4-11(21)22/h2,6,8-9,25H,1,3-5,14H2,(H,15,18)(H,16,23)(H,17,24)(H,19,20)(H,21,22). The van der Waals surface area contributed by atoms with E-state index in [-0.39, 0.29) is 18.7 Å². The highest BCUT2D eigenvalue weighted by Crippen LogP contribution is 1.96. The summed E-state index contributed by atoms with van der Waals surface area (Å²) in [6, 6.07) is -1.89. The fourth-order valence-electron chi connectivity index (χ4n) is 1.75. The number of carboxylic acid groups (broad SMARTS) is 1. The number of imidazole rings is 1. The van der Waals surface area contributed by atoms with Crippen LogP contribution in [0.1, 0.15) is 5.69 Å². The van der Waals surface area contributed by atoms with Gasteiger partial charge in [0.1, 0.15) is 12.6 Å². The largest absolute Gasteiger partial charge is 0.480 e. The van der Waals surface area contributed by atoms with Crippen molar-refractivity contribution < 1.29 is 24.3 Å². The van der Waals surface area contributed by atoms with Gasteiger partial charge in [0.15, 0.2) is 0 Å². The van der Waals surface area contributed by atoms with E-state index in [1.165, 1.54) is 12.5 Å². The second kappa shape index (κ2) is 10.3. The number of nitrogens with zero attached hydrogens (tertiary/aromatic N) is 1. The van der Waals surface area contributed by atoms with Crippen LogP contribution in [0.15, 0.2) is 12.5 Å². The number of H-pyrrole nitrogens is 1. The Morgan fingerprint density at radius 2 is 1.92 bits per heavy atom. The number of hydrogen-bond donors (Lipinski definition) is 7. The highest BCUT2D eigenvalue weighted by atomic mass is 32.1. The summed E-state index contributed by atoms with van der Waals surface area (Å²) >= 11 is 3.93. The Morgan fingerprint density at radius 3 is 2.48 bits per heavy atom. The average molecular weight is 372 g/mol. The normalized spacial score (nSPS) is 12.7. The van der Waals surface area contributed by atoms with Crippen LogP contribution < -0.4 is 21.7 Å². The Kier molecular flexibility index (Phi) is 8.43. The van der Waals surface area contributed by atoms with E-state index in [9.17, 15) is 19.2 Å². The minimum absolute atomic E-state index is 0.0372. The maximum absolute atomic E-state index is 11.8. The molecule has 0 bridgehead atoms. The highest BCUT2D eigenvalue weighted by Gasteiger charge is 2.21. The van der Waals surface area contributed by atoms with Crippen LogP contribution in [0, 0.1) is 0 Å². The van der Waals surface area contributed by atoms with Crippen molar-refractivity contribution in [3.8, 4) is 0 Å². The van der Waals surface area contributed by atoms with Gasteiger partial charge in [-0.25, -0.2) is 4.98 Å². The number of aliphatic carboxylic acids is 1. The van der Waals surface area contributed by atoms with Gasteiger partial charge in [-0.3, -0.25) is 19.2 Å². The number of nitrogens with two attached hydrogens (primary N) is 1. The number of thiol groups is 1. The molecule has 7 N–H and O–H groups in total. The van der Waals surface area contributed by atoms with Gasteiger partial charge in [-0.15, -0.1) is 0 Å². The summed E-state index contributed by atoms with van der Waals surface area (Å²) in [6.07, 6.45) is 3.22. The summed E-state index contributed by atoms with van der Waals surface area (Å²) in [6.45, 7) is -0.954. The lowest BCUT2D eigenvalue weighted by atomic mass is 10.1. The van der Waals surface area contributed by atoms with Gasteiger partial charge in [-0.05, 0) is 0 Å². The molecule has 1 rings (SSSR count). The predicted octanol–water partition coefficient (Wildman–Crippen LogP) is -2.99. The Morgan fingerprint density at radius 1 is 1.24 bits per heavy atom. The zero-order valence-corrected chi connectivity index (χ0v) is 14.1. The molecule has 0 radical (unpaired) electrons. The molecule has 2 unspecified atom stereocenters. The van der Waals surface area contributed by atoms with Crippen molar-refractivity contribution in [3.63, 3.8) is 0 Å². The number of aromatic nitrogens is 2. The number of hydrogen-bond acceptors (Lipinski definition) is 7. The lowest BCUT2D eigenvalue weighted by molar-refractivity contribution is -0.138. The molecule has 25 heavy (non-hydrogen) atoms. The SMILES string of the molecule is NC(Cc1cnc[nH]1)C(=O)NCC(=O)NC(CS)C(=O)NCC(=O)O. The van der Waals surface area contributed by atoms with Gasteiger partial charge in [0.2, 0.25) is 17.7 Å². The van der Waals surface area contributed by atoms with Crippen LogP contribution in [-0.4, -0.2) is 69.7 Å². The number of rotatable bonds is 10. The summed E-state index contributed by atoms with van der Waals surface area (Å²) in [7, 11) is 0. The summed E-state index contributed by atoms with van der Waals surface area (Å²) in [4.78, 5) is 52.3. The van der Waals surface area contributed by atoms with Crippen molar-refractivity contribution in [3.05, 3.63) is 18.2 Å². The molecule has 138 valence electrons. The van der Waals surface area contributed by atoms with Crippen LogP contribution in [0.4, 0.5) is 0 Å². The van der Waals surface area contributed by atoms with Crippen molar-refractivity contribution in [2.24, 2.45) is 5.73 Å². The third-order valence-corrected chi connectivity index (χ3v) is 3.37. The smallest absolute Gasteiger partial charge is 0.322 e. The number of aromatic amines is 1. The molecule has 0 aliphatic carbocycles. The van der Waals surface area contributed by atoms with Crippen LogP contribution in [0.3, 0.4) is 0 Å². The molecule has 1 aromatic heterocycles. The fraction of sp³-hybridized carbons (Fsp3) is 0.462. The monoisotopic (exact) mass is 372 g/mol. The predicted molar refractivity (Wildman–Crippen MR) is 89.7 cm³/mol. The Balaban J connectivity index is 2.37. The Bertz CT molecular complexity index is 608. The summed E-state index contributed by atoms with van der Waals surface area (Å²) in [5.74, 6) is -3.11. The third kappa shape index (κ3) is 7.67. The lowest BCUT2D eigenvalue weighted by Gasteiger charge is -2.16. The molecule has 1 aromatic rings. The van der Waals surface area contributed by atoms with Gasteiger partial charge in [0.25, 0.3) is 0 Å².